The molecule has 0 bridgehead atoms. The van der Waals surface area contributed by atoms with Crippen LogP contribution in [-0.2, 0) is 11.2 Å². The first-order chi connectivity index (χ1) is 6.70. The molecule has 0 saturated carbocycles. The molecule has 1 aromatic rings. The highest BCUT2D eigenvalue weighted by Crippen LogP contribution is 2.27. The monoisotopic (exact) mass is 213 g/mol. The van der Waals surface area contributed by atoms with E-state index in [1.54, 1.807) is 5.38 Å². The molecular weight excluding hydrogens is 198 g/mol. The number of hydrogen-bond donors (Lipinski definition) is 1. The summed E-state index contributed by atoms with van der Waals surface area (Å²) >= 11 is 1.53. The third kappa shape index (κ3) is 2.26. The number of unbranched alkanes of at least 4 members (excludes halogenated alkanes) is 1. The molecule has 0 unspecified atom stereocenters. The lowest BCUT2D eigenvalue weighted by Crippen LogP contribution is -2.03. The van der Waals surface area contributed by atoms with Crippen LogP contribution >= 0.6 is 11.3 Å². The van der Waals surface area contributed by atoms with Crippen molar-refractivity contribution in [1.82, 2.24) is 0 Å². The number of hydrogen-bond acceptors (Lipinski definition) is 4. The summed E-state index contributed by atoms with van der Waals surface area (Å²) in [7, 11) is 1.37. The standard InChI is InChI=1S/C10H15NO2S/c1-3-4-5-8-9(11)7(6-14-8)10(12)13-2/h6H,3-5,11H2,1-2H3. The second-order valence-electron chi connectivity index (χ2n) is 3.08. The molecule has 78 valence electrons. The number of anilines is 1. The Morgan fingerprint density at radius 3 is 2.93 bits per heavy atom. The Hall–Kier alpha value is -1.03. The SMILES string of the molecule is CCCCc1scc(C(=O)OC)c1N. The molecule has 1 heterocycles. The minimum Gasteiger partial charge on any atom is -0.465 e. The number of esters is 1. The van der Waals surface area contributed by atoms with Gasteiger partial charge in [0.15, 0.2) is 0 Å². The Morgan fingerprint density at radius 2 is 2.36 bits per heavy atom. The fraction of sp³-hybridized carbons (Fsp3) is 0.500. The Balaban J connectivity index is 2.80. The quantitative estimate of drug-likeness (QED) is 0.782. The summed E-state index contributed by atoms with van der Waals surface area (Å²) in [5.74, 6) is -0.346. The van der Waals surface area contributed by atoms with Gasteiger partial charge in [-0.3, -0.25) is 0 Å². The minimum atomic E-state index is -0.346. The lowest BCUT2D eigenvalue weighted by molar-refractivity contribution is 0.0602. The fourth-order valence-corrected chi connectivity index (χ4v) is 2.19. The molecule has 0 saturated heterocycles. The van der Waals surface area contributed by atoms with Crippen molar-refractivity contribution < 1.29 is 9.53 Å². The summed E-state index contributed by atoms with van der Waals surface area (Å²) in [4.78, 5) is 12.3. The van der Waals surface area contributed by atoms with Gasteiger partial charge in [-0.2, -0.15) is 0 Å². The summed E-state index contributed by atoms with van der Waals surface area (Å²) in [6.07, 6.45) is 3.18. The molecule has 0 aliphatic heterocycles. The van der Waals surface area contributed by atoms with Gasteiger partial charge in [-0.1, -0.05) is 13.3 Å². The lowest BCUT2D eigenvalue weighted by Gasteiger charge is -1.99. The second-order valence-corrected chi connectivity index (χ2v) is 4.05. The highest BCUT2D eigenvalue weighted by molar-refractivity contribution is 7.10. The number of carbonyl (C=O) groups is 1. The molecule has 2 N–H and O–H groups in total. The first-order valence-electron chi connectivity index (χ1n) is 4.64. The Bertz CT molecular complexity index is 320. The predicted octanol–water partition coefficient (Wildman–Crippen LogP) is 2.46. The largest absolute Gasteiger partial charge is 0.465 e. The van der Waals surface area contributed by atoms with Gasteiger partial charge in [0, 0.05) is 10.3 Å². The van der Waals surface area contributed by atoms with E-state index in [0.717, 1.165) is 24.1 Å². The molecule has 0 spiro atoms. The maximum Gasteiger partial charge on any atom is 0.340 e. The fourth-order valence-electron chi connectivity index (χ4n) is 1.21. The Labute approximate surface area is 87.9 Å². The average molecular weight is 213 g/mol. The van der Waals surface area contributed by atoms with E-state index in [0.29, 0.717) is 11.3 Å². The van der Waals surface area contributed by atoms with E-state index in [-0.39, 0.29) is 5.97 Å². The van der Waals surface area contributed by atoms with Crippen LogP contribution in [0.5, 0.6) is 0 Å². The molecule has 4 heteroatoms. The smallest absolute Gasteiger partial charge is 0.340 e. The summed E-state index contributed by atoms with van der Waals surface area (Å²) in [6.45, 7) is 2.13. The van der Waals surface area contributed by atoms with Gasteiger partial charge >= 0.3 is 5.97 Å². The van der Waals surface area contributed by atoms with Gasteiger partial charge in [-0.15, -0.1) is 11.3 Å². The van der Waals surface area contributed by atoms with Crippen LogP contribution in [0.15, 0.2) is 5.38 Å². The van der Waals surface area contributed by atoms with E-state index in [9.17, 15) is 4.79 Å². The van der Waals surface area contributed by atoms with Crippen molar-refractivity contribution >= 4 is 23.0 Å². The highest BCUT2D eigenvalue weighted by atomic mass is 32.1. The van der Waals surface area contributed by atoms with E-state index >= 15 is 0 Å². The molecule has 1 aromatic heterocycles. The number of nitrogen functional groups attached to an aromatic ring is 1. The van der Waals surface area contributed by atoms with Crippen LogP contribution in [-0.4, -0.2) is 13.1 Å². The molecule has 0 aromatic carbocycles. The number of carbonyl (C=O) groups excluding carboxylic acids is 1. The van der Waals surface area contributed by atoms with Crippen LogP contribution < -0.4 is 5.73 Å². The molecular formula is C10H15NO2S. The Morgan fingerprint density at radius 1 is 1.64 bits per heavy atom. The van der Waals surface area contributed by atoms with Crippen molar-refractivity contribution in [3.05, 3.63) is 15.8 Å². The van der Waals surface area contributed by atoms with E-state index in [1.807, 2.05) is 0 Å². The zero-order chi connectivity index (χ0) is 10.6. The lowest BCUT2D eigenvalue weighted by atomic mass is 10.2. The van der Waals surface area contributed by atoms with Gasteiger partial charge in [-0.05, 0) is 12.8 Å². The summed E-state index contributed by atoms with van der Waals surface area (Å²) in [5, 5.41) is 1.77. The zero-order valence-electron chi connectivity index (χ0n) is 8.50. The van der Waals surface area contributed by atoms with Gasteiger partial charge in [0.05, 0.1) is 18.4 Å². The maximum absolute atomic E-state index is 11.2. The minimum absolute atomic E-state index is 0.346. The van der Waals surface area contributed by atoms with Gasteiger partial charge in [0.25, 0.3) is 0 Å². The topological polar surface area (TPSA) is 52.3 Å². The van der Waals surface area contributed by atoms with E-state index in [2.05, 4.69) is 11.7 Å². The molecule has 0 radical (unpaired) electrons. The average Bonchev–Trinajstić information content (AvgIpc) is 2.56. The van der Waals surface area contributed by atoms with Crippen molar-refractivity contribution in [3.63, 3.8) is 0 Å². The van der Waals surface area contributed by atoms with Crippen LogP contribution in [0.4, 0.5) is 5.69 Å². The number of nitrogens with two attached hydrogens (primary N) is 1. The number of rotatable bonds is 4. The van der Waals surface area contributed by atoms with Crippen LogP contribution in [0.1, 0.15) is 35.0 Å². The van der Waals surface area contributed by atoms with E-state index in [1.165, 1.54) is 18.4 Å². The molecule has 0 fully saturated rings. The van der Waals surface area contributed by atoms with Crippen molar-refractivity contribution in [2.45, 2.75) is 26.2 Å². The van der Waals surface area contributed by atoms with E-state index in [4.69, 9.17) is 5.73 Å². The van der Waals surface area contributed by atoms with Crippen molar-refractivity contribution in [2.24, 2.45) is 0 Å². The summed E-state index contributed by atoms with van der Waals surface area (Å²) < 4.78 is 4.62. The molecule has 3 nitrogen and oxygen atoms in total. The first-order valence-corrected chi connectivity index (χ1v) is 5.52. The van der Waals surface area contributed by atoms with Crippen LogP contribution in [0.3, 0.4) is 0 Å². The highest BCUT2D eigenvalue weighted by Gasteiger charge is 2.14. The molecule has 0 aliphatic rings. The third-order valence-corrected chi connectivity index (χ3v) is 3.13. The van der Waals surface area contributed by atoms with E-state index < -0.39 is 0 Å². The number of ether oxygens (including phenoxy) is 1. The van der Waals surface area contributed by atoms with Gasteiger partial charge in [-0.25, -0.2) is 4.79 Å². The van der Waals surface area contributed by atoms with Gasteiger partial charge in [0.2, 0.25) is 0 Å². The first kappa shape index (κ1) is 11.0. The van der Waals surface area contributed by atoms with Gasteiger partial charge < -0.3 is 10.5 Å². The van der Waals surface area contributed by atoms with Crippen molar-refractivity contribution in [1.29, 1.82) is 0 Å². The maximum atomic E-state index is 11.2. The van der Waals surface area contributed by atoms with Gasteiger partial charge in [0.1, 0.15) is 0 Å². The predicted molar refractivity (Wildman–Crippen MR) is 58.7 cm³/mol. The summed E-state index contributed by atoms with van der Waals surface area (Å²) in [6, 6.07) is 0. The normalized spacial score (nSPS) is 10.1. The van der Waals surface area contributed by atoms with Crippen molar-refractivity contribution in [3.8, 4) is 0 Å². The van der Waals surface area contributed by atoms with Crippen LogP contribution in [0.2, 0.25) is 0 Å². The van der Waals surface area contributed by atoms with Crippen LogP contribution in [0, 0.1) is 0 Å². The second kappa shape index (κ2) is 5.00. The third-order valence-electron chi connectivity index (χ3n) is 2.07. The molecule has 1 rings (SSSR count). The molecule has 14 heavy (non-hydrogen) atoms. The zero-order valence-corrected chi connectivity index (χ0v) is 9.32. The molecule has 0 atom stereocenters. The van der Waals surface area contributed by atoms with Crippen molar-refractivity contribution in [2.75, 3.05) is 12.8 Å². The molecule has 0 aliphatic carbocycles. The molecule has 0 amide bonds. The van der Waals surface area contributed by atoms with Crippen LogP contribution in [0.25, 0.3) is 0 Å². The number of aryl methyl sites for hydroxylation is 1. The Kier molecular flexibility index (Phi) is 3.95. The number of methoxy groups -OCH3 is 1. The number of thiophene rings is 1. The summed E-state index contributed by atoms with van der Waals surface area (Å²) in [5.41, 5.74) is 6.93.